The fourth-order valence-electron chi connectivity index (χ4n) is 2.04. The molecule has 0 spiro atoms. The van der Waals surface area contributed by atoms with Crippen LogP contribution in [0.5, 0.6) is 0 Å². The highest BCUT2D eigenvalue weighted by Crippen LogP contribution is 2.22. The molecule has 0 aliphatic heterocycles. The molecule has 2 rings (SSSR count). The van der Waals surface area contributed by atoms with Crippen LogP contribution in [0.1, 0.15) is 28.4 Å². The van der Waals surface area contributed by atoms with Gasteiger partial charge in [-0.2, -0.15) is 0 Å². The smallest absolute Gasteiger partial charge is 0.159 e. The lowest BCUT2D eigenvalue weighted by Crippen LogP contribution is -2.03. The van der Waals surface area contributed by atoms with Gasteiger partial charge in [0, 0.05) is 23.4 Å². The Kier molecular flexibility index (Phi) is 4.82. The molecule has 0 saturated heterocycles. The molecule has 0 bridgehead atoms. The molecule has 0 saturated carbocycles. The van der Waals surface area contributed by atoms with Gasteiger partial charge in [-0.05, 0) is 30.7 Å². The lowest BCUT2D eigenvalue weighted by Gasteiger charge is -2.11. The van der Waals surface area contributed by atoms with Gasteiger partial charge in [0.1, 0.15) is 0 Å². The fraction of sp³-hybridized carbons (Fsp3) is 0.118. The number of carbonyl (C=O) groups is 1. The van der Waals surface area contributed by atoms with Crippen molar-refractivity contribution in [1.82, 2.24) is 0 Å². The summed E-state index contributed by atoms with van der Waals surface area (Å²) in [6.45, 7) is 2.20. The highest BCUT2D eigenvalue weighted by Gasteiger charge is 2.06. The Balaban J connectivity index is 2.23. The zero-order valence-electron chi connectivity index (χ0n) is 11.6. The molecule has 0 unspecified atom stereocenters. The number of hydrogen-bond acceptors (Lipinski definition) is 2. The lowest BCUT2D eigenvalue weighted by molar-refractivity contribution is 0.112. The monoisotopic (exact) mass is 287 g/mol. The molecule has 0 aromatic heterocycles. The second kappa shape index (κ2) is 6.79. The van der Waals surface area contributed by atoms with Crippen LogP contribution >= 0.6 is 0 Å². The van der Waals surface area contributed by atoms with E-state index in [1.165, 1.54) is 6.07 Å². The van der Waals surface area contributed by atoms with E-state index in [-0.39, 0.29) is 0 Å². The van der Waals surface area contributed by atoms with E-state index in [0.29, 0.717) is 17.7 Å². The van der Waals surface area contributed by atoms with Crippen LogP contribution < -0.4 is 5.32 Å². The fourth-order valence-corrected chi connectivity index (χ4v) is 2.04. The maximum atomic E-state index is 13.2. The maximum absolute atomic E-state index is 13.2. The Morgan fingerprint density at radius 2 is 1.95 bits per heavy atom. The van der Waals surface area contributed by atoms with Gasteiger partial charge in [0.2, 0.25) is 0 Å². The van der Waals surface area contributed by atoms with E-state index < -0.39 is 11.6 Å². The van der Waals surface area contributed by atoms with Crippen LogP contribution in [0.2, 0.25) is 0 Å². The van der Waals surface area contributed by atoms with E-state index >= 15 is 0 Å². The zero-order chi connectivity index (χ0) is 15.2. The molecule has 2 aromatic rings. The third-order valence-corrected chi connectivity index (χ3v) is 3.07. The van der Waals surface area contributed by atoms with Gasteiger partial charge >= 0.3 is 0 Å². The molecule has 2 nitrogen and oxygen atoms in total. The van der Waals surface area contributed by atoms with E-state index in [4.69, 9.17) is 0 Å². The molecule has 0 atom stereocenters. The minimum Gasteiger partial charge on any atom is -0.380 e. The topological polar surface area (TPSA) is 29.1 Å². The minimum absolute atomic E-state index is 0.337. The van der Waals surface area contributed by atoms with Crippen molar-refractivity contribution >= 4 is 18.0 Å². The second-order valence-corrected chi connectivity index (χ2v) is 4.53. The summed E-state index contributed by atoms with van der Waals surface area (Å²) < 4.78 is 26.0. The highest BCUT2D eigenvalue weighted by molar-refractivity contribution is 5.86. The molecule has 21 heavy (non-hydrogen) atoms. The van der Waals surface area contributed by atoms with Crippen LogP contribution in [0.3, 0.4) is 0 Å². The molecular formula is C17H15F2NO. The molecule has 4 heteroatoms. The summed E-state index contributed by atoms with van der Waals surface area (Å²) in [6, 6.07) is 9.10. The van der Waals surface area contributed by atoms with Crippen molar-refractivity contribution in [2.75, 3.05) is 5.32 Å². The quantitative estimate of drug-likeness (QED) is 0.825. The largest absolute Gasteiger partial charge is 0.380 e. The predicted molar refractivity (Wildman–Crippen MR) is 80.2 cm³/mol. The summed E-state index contributed by atoms with van der Waals surface area (Å²) in [5, 5.41) is 3.14. The number of benzene rings is 2. The van der Waals surface area contributed by atoms with Crippen molar-refractivity contribution in [3.8, 4) is 0 Å². The molecule has 1 N–H and O–H groups in total. The van der Waals surface area contributed by atoms with Crippen molar-refractivity contribution in [3.05, 3.63) is 70.8 Å². The average Bonchev–Trinajstić information content (AvgIpc) is 2.49. The van der Waals surface area contributed by atoms with Crippen molar-refractivity contribution < 1.29 is 13.6 Å². The zero-order valence-corrected chi connectivity index (χ0v) is 11.6. The van der Waals surface area contributed by atoms with E-state index in [0.717, 1.165) is 29.7 Å². The summed E-state index contributed by atoms with van der Waals surface area (Å²) in [5.74, 6) is -1.74. The highest BCUT2D eigenvalue weighted by atomic mass is 19.2. The summed E-state index contributed by atoms with van der Waals surface area (Å²) >= 11 is 0. The molecule has 0 aliphatic rings. The number of hydrogen-bond donors (Lipinski definition) is 1. The SMILES string of the molecule is C/C=C\c1c(C=O)cccc1NCc1ccc(F)c(F)c1. The Morgan fingerprint density at radius 1 is 1.14 bits per heavy atom. The maximum Gasteiger partial charge on any atom is 0.159 e. The first kappa shape index (κ1) is 14.9. The van der Waals surface area contributed by atoms with E-state index in [1.807, 2.05) is 25.1 Å². The summed E-state index contributed by atoms with van der Waals surface area (Å²) in [4.78, 5) is 11.1. The number of nitrogens with one attached hydrogen (secondary N) is 1. The van der Waals surface area contributed by atoms with E-state index in [2.05, 4.69) is 5.32 Å². The second-order valence-electron chi connectivity index (χ2n) is 4.53. The molecule has 108 valence electrons. The Morgan fingerprint density at radius 3 is 2.62 bits per heavy atom. The van der Waals surface area contributed by atoms with Gasteiger partial charge in [0.05, 0.1) is 0 Å². The van der Waals surface area contributed by atoms with Gasteiger partial charge in [0.25, 0.3) is 0 Å². The summed E-state index contributed by atoms with van der Waals surface area (Å²) in [6.07, 6.45) is 4.46. The van der Waals surface area contributed by atoms with Crippen molar-refractivity contribution in [3.63, 3.8) is 0 Å². The molecule has 2 aromatic carbocycles. The van der Waals surface area contributed by atoms with Gasteiger partial charge < -0.3 is 5.32 Å². The van der Waals surface area contributed by atoms with Crippen LogP contribution in [0.4, 0.5) is 14.5 Å². The van der Waals surface area contributed by atoms with Crippen LogP contribution in [0.15, 0.2) is 42.5 Å². The first-order chi connectivity index (χ1) is 10.2. The van der Waals surface area contributed by atoms with Crippen molar-refractivity contribution in [1.29, 1.82) is 0 Å². The Hall–Kier alpha value is -2.49. The van der Waals surface area contributed by atoms with Crippen LogP contribution in [0.25, 0.3) is 6.08 Å². The number of anilines is 1. The number of carbonyl (C=O) groups excluding carboxylic acids is 1. The first-order valence-electron chi connectivity index (χ1n) is 6.54. The lowest BCUT2D eigenvalue weighted by atomic mass is 10.1. The van der Waals surface area contributed by atoms with Crippen LogP contribution in [-0.2, 0) is 6.54 Å². The summed E-state index contributed by atoms with van der Waals surface area (Å²) in [5.41, 5.74) is 2.74. The average molecular weight is 287 g/mol. The standard InChI is InChI=1S/C17H15F2NO/c1-2-4-14-13(11-21)5-3-6-17(14)20-10-12-7-8-15(18)16(19)9-12/h2-9,11,20H,10H2,1H3/b4-2-. The van der Waals surface area contributed by atoms with Crippen LogP contribution in [0, 0.1) is 11.6 Å². The number of rotatable bonds is 5. The number of allylic oxidation sites excluding steroid dienone is 1. The minimum atomic E-state index is -0.871. The third-order valence-electron chi connectivity index (χ3n) is 3.07. The van der Waals surface area contributed by atoms with E-state index in [9.17, 15) is 13.6 Å². The normalized spacial score (nSPS) is 10.8. The van der Waals surface area contributed by atoms with Crippen molar-refractivity contribution in [2.24, 2.45) is 0 Å². The molecule has 0 heterocycles. The van der Waals surface area contributed by atoms with E-state index in [1.54, 1.807) is 12.1 Å². The molecule has 0 amide bonds. The predicted octanol–water partition coefficient (Wildman–Crippen LogP) is 4.42. The molecule has 0 fully saturated rings. The number of aldehydes is 1. The van der Waals surface area contributed by atoms with Gasteiger partial charge in [0.15, 0.2) is 17.9 Å². The van der Waals surface area contributed by atoms with Gasteiger partial charge in [-0.3, -0.25) is 4.79 Å². The first-order valence-corrected chi connectivity index (χ1v) is 6.54. The molecular weight excluding hydrogens is 272 g/mol. The number of halogens is 2. The summed E-state index contributed by atoms with van der Waals surface area (Å²) in [7, 11) is 0. The molecule has 0 aliphatic carbocycles. The molecule has 0 radical (unpaired) electrons. The Bertz CT molecular complexity index is 680. The third kappa shape index (κ3) is 3.54. The van der Waals surface area contributed by atoms with Gasteiger partial charge in [-0.1, -0.05) is 30.4 Å². The van der Waals surface area contributed by atoms with Crippen molar-refractivity contribution in [2.45, 2.75) is 13.5 Å². The van der Waals surface area contributed by atoms with Gasteiger partial charge in [-0.15, -0.1) is 0 Å². The Labute approximate surface area is 122 Å². The van der Waals surface area contributed by atoms with Gasteiger partial charge in [-0.25, -0.2) is 8.78 Å². The van der Waals surface area contributed by atoms with Crippen LogP contribution in [-0.4, -0.2) is 6.29 Å².